The lowest BCUT2D eigenvalue weighted by atomic mass is 10.3. The topological polar surface area (TPSA) is 79.0 Å². The van der Waals surface area contributed by atoms with Crippen LogP contribution in [0.2, 0.25) is 5.02 Å². The summed E-state index contributed by atoms with van der Waals surface area (Å²) in [5.41, 5.74) is 1.59. The van der Waals surface area contributed by atoms with Crippen molar-refractivity contribution in [3.8, 4) is 5.69 Å². The number of nitrogens with zero attached hydrogens (tertiary/aromatic N) is 4. The van der Waals surface area contributed by atoms with Gasteiger partial charge in [0, 0.05) is 5.02 Å². The lowest BCUT2D eigenvalue weighted by Crippen LogP contribution is -2.18. The molecule has 0 N–H and O–H groups in total. The first kappa shape index (κ1) is 21.6. The van der Waals surface area contributed by atoms with Crippen molar-refractivity contribution in [3.63, 3.8) is 0 Å². The molecule has 0 spiro atoms. The monoisotopic (exact) mass is 474 g/mol. The Bertz CT molecular complexity index is 1300. The van der Waals surface area contributed by atoms with Gasteiger partial charge in [0.1, 0.15) is 5.25 Å². The van der Waals surface area contributed by atoms with Gasteiger partial charge in [-0.15, -0.1) is 10.2 Å². The van der Waals surface area contributed by atoms with Crippen LogP contribution in [0.4, 0.5) is 0 Å². The van der Waals surface area contributed by atoms with E-state index in [1.54, 1.807) is 30.5 Å². The highest BCUT2D eigenvalue weighted by Crippen LogP contribution is 2.28. The number of benzene rings is 2. The van der Waals surface area contributed by atoms with Gasteiger partial charge in [0.05, 0.1) is 29.1 Å². The summed E-state index contributed by atoms with van der Waals surface area (Å²) < 4.78 is 9.52. The van der Waals surface area contributed by atoms with Crippen LogP contribution in [0.5, 0.6) is 0 Å². The van der Waals surface area contributed by atoms with E-state index < -0.39 is 5.25 Å². The summed E-state index contributed by atoms with van der Waals surface area (Å²) in [6.45, 7) is 4.07. The molecule has 31 heavy (non-hydrogen) atoms. The number of para-hydroxylation sites is 1. The maximum Gasteiger partial charge on any atom is 0.319 e. The Hall–Kier alpha value is -2.62. The Labute approximate surface area is 191 Å². The molecule has 0 aliphatic carbocycles. The molecule has 4 aromatic rings. The molecule has 0 aliphatic heterocycles. The molecule has 10 heteroatoms. The number of esters is 1. The minimum absolute atomic E-state index is 0.0732. The zero-order chi connectivity index (χ0) is 22.0. The van der Waals surface area contributed by atoms with E-state index >= 15 is 0 Å². The minimum atomic E-state index is -0.473. The second-order valence-electron chi connectivity index (χ2n) is 6.65. The minimum Gasteiger partial charge on any atom is -0.465 e. The number of fused-ring (bicyclic) bond motifs is 1. The van der Waals surface area contributed by atoms with Crippen molar-refractivity contribution in [1.29, 1.82) is 0 Å². The second-order valence-corrected chi connectivity index (χ2v) is 9.39. The molecule has 1 atom stereocenters. The van der Waals surface area contributed by atoms with Crippen LogP contribution in [-0.2, 0) is 16.1 Å². The average Bonchev–Trinajstić information content (AvgIpc) is 3.29. The van der Waals surface area contributed by atoms with Crippen molar-refractivity contribution in [2.75, 3.05) is 6.61 Å². The number of thiazole rings is 1. The fraction of sp³-hybridized carbons (Fsp3) is 0.238. The predicted molar refractivity (Wildman–Crippen MR) is 124 cm³/mol. The number of carbonyl (C=O) groups excluding carboxylic acids is 1. The molecular formula is C21H19ClN4O3S2. The number of carbonyl (C=O) groups is 1. The Morgan fingerprint density at radius 3 is 2.81 bits per heavy atom. The quantitative estimate of drug-likeness (QED) is 0.292. The van der Waals surface area contributed by atoms with E-state index in [1.165, 1.54) is 23.1 Å². The molecule has 0 radical (unpaired) electrons. The molecule has 0 saturated heterocycles. The van der Waals surface area contributed by atoms with Crippen LogP contribution < -0.4 is 4.87 Å². The molecule has 7 nitrogen and oxygen atoms in total. The summed E-state index contributed by atoms with van der Waals surface area (Å²) >= 11 is 8.66. The number of thioether (sulfide) groups is 1. The third-order valence-corrected chi connectivity index (χ3v) is 6.76. The van der Waals surface area contributed by atoms with E-state index in [1.807, 2.05) is 41.0 Å². The van der Waals surface area contributed by atoms with Gasteiger partial charge in [-0.25, -0.2) is 0 Å². The fourth-order valence-electron chi connectivity index (χ4n) is 3.12. The lowest BCUT2D eigenvalue weighted by molar-refractivity contribution is -0.142. The van der Waals surface area contributed by atoms with Gasteiger partial charge in [0.25, 0.3) is 0 Å². The van der Waals surface area contributed by atoms with Gasteiger partial charge in [-0.3, -0.25) is 18.7 Å². The van der Waals surface area contributed by atoms with Crippen molar-refractivity contribution in [3.05, 3.63) is 69.0 Å². The maximum atomic E-state index is 12.6. The third-order valence-electron chi connectivity index (χ3n) is 4.54. The summed E-state index contributed by atoms with van der Waals surface area (Å²) in [6, 6.07) is 14.9. The Kier molecular flexibility index (Phi) is 6.45. The first-order chi connectivity index (χ1) is 15.0. The van der Waals surface area contributed by atoms with Gasteiger partial charge < -0.3 is 4.74 Å². The van der Waals surface area contributed by atoms with Crippen LogP contribution >= 0.6 is 34.7 Å². The summed E-state index contributed by atoms with van der Waals surface area (Å²) in [7, 11) is 0. The maximum absolute atomic E-state index is 12.6. The predicted octanol–water partition coefficient (Wildman–Crippen LogP) is 4.39. The van der Waals surface area contributed by atoms with E-state index in [0.717, 1.165) is 15.9 Å². The number of ether oxygens (including phenoxy) is 1. The lowest BCUT2D eigenvalue weighted by Gasteiger charge is -2.13. The SMILES string of the molecule is CCOC(=O)C(C)Sc1nnc(Cn2c(=O)sc3ccccc32)n1-c1cccc(Cl)c1. The van der Waals surface area contributed by atoms with Gasteiger partial charge in [-0.2, -0.15) is 0 Å². The fourth-order valence-corrected chi connectivity index (χ4v) is 5.08. The Balaban J connectivity index is 1.77. The highest BCUT2D eigenvalue weighted by Gasteiger charge is 2.23. The van der Waals surface area contributed by atoms with Gasteiger partial charge in [-0.1, -0.05) is 52.9 Å². The van der Waals surface area contributed by atoms with Gasteiger partial charge in [0.2, 0.25) is 0 Å². The molecule has 160 valence electrons. The highest BCUT2D eigenvalue weighted by atomic mass is 35.5. The van der Waals surface area contributed by atoms with Crippen LogP contribution in [0.15, 0.2) is 58.5 Å². The molecule has 4 rings (SSSR count). The molecular weight excluding hydrogens is 456 g/mol. The largest absolute Gasteiger partial charge is 0.465 e. The summed E-state index contributed by atoms with van der Waals surface area (Å²) in [5.74, 6) is 0.237. The zero-order valence-corrected chi connectivity index (χ0v) is 19.2. The van der Waals surface area contributed by atoms with Crippen molar-refractivity contribution < 1.29 is 9.53 Å². The third kappa shape index (κ3) is 4.53. The Morgan fingerprint density at radius 2 is 2.03 bits per heavy atom. The van der Waals surface area contributed by atoms with Crippen molar-refractivity contribution in [1.82, 2.24) is 19.3 Å². The van der Waals surface area contributed by atoms with E-state index in [2.05, 4.69) is 10.2 Å². The number of hydrogen-bond acceptors (Lipinski definition) is 7. The summed E-state index contributed by atoms with van der Waals surface area (Å²) in [5, 5.41) is 9.26. The van der Waals surface area contributed by atoms with E-state index in [9.17, 15) is 9.59 Å². The standard InChI is InChI=1S/C21H19ClN4O3S2/c1-3-29-19(27)13(2)30-20-24-23-18(26(20)15-8-6-7-14(22)11-15)12-25-16-9-4-5-10-17(16)31-21(25)28/h4-11,13H,3,12H2,1-2H3. The molecule has 0 fully saturated rings. The number of rotatable bonds is 7. The molecule has 2 aromatic heterocycles. The molecule has 0 amide bonds. The smallest absolute Gasteiger partial charge is 0.319 e. The van der Waals surface area contributed by atoms with Crippen molar-refractivity contribution in [2.24, 2.45) is 0 Å². The first-order valence-corrected chi connectivity index (χ1v) is 11.7. The van der Waals surface area contributed by atoms with Crippen LogP contribution in [0, 0.1) is 0 Å². The number of halogens is 1. The molecule has 0 aliphatic rings. The van der Waals surface area contributed by atoms with Crippen molar-refractivity contribution in [2.45, 2.75) is 30.8 Å². The first-order valence-electron chi connectivity index (χ1n) is 9.59. The molecule has 2 aromatic carbocycles. The summed E-state index contributed by atoms with van der Waals surface area (Å²) in [4.78, 5) is 24.7. The molecule has 1 unspecified atom stereocenters. The van der Waals surface area contributed by atoms with Gasteiger partial charge in [0.15, 0.2) is 11.0 Å². The molecule has 0 bridgehead atoms. The van der Waals surface area contributed by atoms with Gasteiger partial charge >= 0.3 is 10.8 Å². The molecule has 0 saturated carbocycles. The summed E-state index contributed by atoms with van der Waals surface area (Å²) in [6.07, 6.45) is 0. The van der Waals surface area contributed by atoms with Crippen molar-refractivity contribution >= 4 is 50.9 Å². The highest BCUT2D eigenvalue weighted by molar-refractivity contribution is 8.00. The normalized spacial score (nSPS) is 12.2. The molecule has 2 heterocycles. The average molecular weight is 475 g/mol. The van der Waals surface area contributed by atoms with Gasteiger partial charge in [-0.05, 0) is 44.2 Å². The van der Waals surface area contributed by atoms with E-state index in [0.29, 0.717) is 22.6 Å². The van der Waals surface area contributed by atoms with Crippen LogP contribution in [0.1, 0.15) is 19.7 Å². The second kappa shape index (κ2) is 9.25. The zero-order valence-electron chi connectivity index (χ0n) is 16.8. The Morgan fingerprint density at radius 1 is 1.23 bits per heavy atom. The van der Waals surface area contributed by atoms with E-state index in [4.69, 9.17) is 16.3 Å². The van der Waals surface area contributed by atoms with Crippen LogP contribution in [0.3, 0.4) is 0 Å². The number of hydrogen-bond donors (Lipinski definition) is 0. The number of aromatic nitrogens is 4. The van der Waals surface area contributed by atoms with E-state index in [-0.39, 0.29) is 17.4 Å². The van der Waals surface area contributed by atoms with Crippen LogP contribution in [-0.4, -0.2) is 37.2 Å². The van der Waals surface area contributed by atoms with Crippen LogP contribution in [0.25, 0.3) is 15.9 Å².